The van der Waals surface area contributed by atoms with Crippen LogP contribution < -0.4 is 5.56 Å². The molecular weight excluding hydrogens is 338 g/mol. The first kappa shape index (κ1) is 18.8. The maximum Gasteiger partial charge on any atom is 0.281 e. The highest BCUT2D eigenvalue weighted by molar-refractivity contribution is 5.57. The monoisotopic (exact) mass is 355 g/mol. The average Bonchev–Trinajstić information content (AvgIpc) is 2.55. The number of hydrogen-bond donors (Lipinski definition) is 1. The second-order valence-corrected chi connectivity index (χ2v) is 5.98. The zero-order chi connectivity index (χ0) is 19.6. The maximum absolute atomic E-state index is 12.6. The maximum atomic E-state index is 12.6. The topological polar surface area (TPSA) is 134 Å². The van der Waals surface area contributed by atoms with E-state index in [0.717, 1.165) is 4.57 Å². The van der Waals surface area contributed by atoms with Crippen molar-refractivity contribution in [2.75, 3.05) is 0 Å². The number of benzene rings is 1. The zero-order valence-corrected chi connectivity index (χ0v) is 14.7. The molecule has 0 aliphatic rings. The number of nitriles is 1. The Morgan fingerprint density at radius 2 is 1.96 bits per heavy atom. The number of azo groups is 1. The Morgan fingerprint density at radius 3 is 2.46 bits per heavy atom. The normalized spacial score (nSPS) is 11.1. The van der Waals surface area contributed by atoms with Crippen LogP contribution in [-0.4, -0.2) is 14.6 Å². The molecule has 134 valence electrons. The first-order chi connectivity index (χ1) is 12.2. The van der Waals surface area contributed by atoms with Crippen molar-refractivity contribution in [2.24, 2.45) is 10.2 Å². The molecular formula is C17H17N5O4. The molecule has 9 nitrogen and oxygen atoms in total. The van der Waals surface area contributed by atoms with Gasteiger partial charge in [0.1, 0.15) is 11.6 Å². The molecule has 2 rings (SSSR count). The first-order valence-corrected chi connectivity index (χ1v) is 7.74. The molecule has 1 N–H and O–H groups in total. The average molecular weight is 355 g/mol. The first-order valence-electron chi connectivity index (χ1n) is 7.74. The Kier molecular flexibility index (Phi) is 5.16. The van der Waals surface area contributed by atoms with Crippen LogP contribution in [0, 0.1) is 35.3 Å². The van der Waals surface area contributed by atoms with Crippen LogP contribution in [0.3, 0.4) is 0 Å². The van der Waals surface area contributed by atoms with Gasteiger partial charge in [-0.2, -0.15) is 10.4 Å². The molecule has 1 heterocycles. The van der Waals surface area contributed by atoms with Crippen LogP contribution in [0.4, 0.5) is 17.1 Å². The van der Waals surface area contributed by atoms with Crippen LogP contribution in [0.1, 0.15) is 36.6 Å². The van der Waals surface area contributed by atoms with Gasteiger partial charge in [-0.25, -0.2) is 0 Å². The minimum atomic E-state index is -0.572. The predicted octanol–water partition coefficient (Wildman–Crippen LogP) is 3.95. The summed E-state index contributed by atoms with van der Waals surface area (Å²) in [6.45, 7) is 6.53. The Hall–Kier alpha value is -3.54. The van der Waals surface area contributed by atoms with Gasteiger partial charge in [0.25, 0.3) is 11.2 Å². The van der Waals surface area contributed by atoms with Crippen LogP contribution in [-0.2, 0) is 0 Å². The summed E-state index contributed by atoms with van der Waals surface area (Å²) in [4.78, 5) is 22.9. The second-order valence-electron chi connectivity index (χ2n) is 5.98. The van der Waals surface area contributed by atoms with Gasteiger partial charge in [0.05, 0.1) is 10.6 Å². The van der Waals surface area contributed by atoms with Crippen molar-refractivity contribution in [3.05, 3.63) is 55.4 Å². The van der Waals surface area contributed by atoms with E-state index in [1.165, 1.54) is 25.1 Å². The summed E-state index contributed by atoms with van der Waals surface area (Å²) in [7, 11) is 0. The molecule has 2 aromatic rings. The van der Waals surface area contributed by atoms with Crippen LogP contribution >= 0.6 is 0 Å². The van der Waals surface area contributed by atoms with Gasteiger partial charge in [-0.3, -0.25) is 19.5 Å². The van der Waals surface area contributed by atoms with Crippen molar-refractivity contribution in [1.29, 1.82) is 5.26 Å². The summed E-state index contributed by atoms with van der Waals surface area (Å²) in [5.74, 6) is -0.407. The number of aryl methyl sites for hydroxylation is 1. The second kappa shape index (κ2) is 7.14. The summed E-state index contributed by atoms with van der Waals surface area (Å²) in [6.07, 6.45) is 0. The van der Waals surface area contributed by atoms with Gasteiger partial charge in [0, 0.05) is 23.7 Å². The lowest BCUT2D eigenvalue weighted by atomic mass is 10.1. The minimum Gasteiger partial charge on any atom is -0.493 e. The molecule has 0 aliphatic carbocycles. The standard InChI is InChI=1S/C17H17N5O4/c1-9(2)21-16(23)13(8-18)11(4)15(17(21)24)20-19-14-6-5-12(22(25)26)7-10(14)3/h5-7,9,23H,1-4H3. The molecule has 0 saturated carbocycles. The number of nitrogens with zero attached hydrogens (tertiary/aromatic N) is 5. The van der Waals surface area contributed by atoms with Gasteiger partial charge in [0.15, 0.2) is 5.69 Å². The fourth-order valence-corrected chi connectivity index (χ4v) is 2.48. The summed E-state index contributed by atoms with van der Waals surface area (Å²) in [5.41, 5.74) is 0.336. The number of nitro benzene ring substituents is 1. The van der Waals surface area contributed by atoms with E-state index >= 15 is 0 Å². The fraction of sp³-hybridized carbons (Fsp3) is 0.294. The van der Waals surface area contributed by atoms with Gasteiger partial charge in [-0.05, 0) is 39.3 Å². The van der Waals surface area contributed by atoms with Crippen LogP contribution in [0.5, 0.6) is 5.88 Å². The largest absolute Gasteiger partial charge is 0.493 e. The lowest BCUT2D eigenvalue weighted by molar-refractivity contribution is -0.384. The number of rotatable bonds is 4. The van der Waals surface area contributed by atoms with E-state index in [1.807, 2.05) is 6.07 Å². The number of non-ortho nitro benzene ring substituents is 1. The fourth-order valence-electron chi connectivity index (χ4n) is 2.48. The van der Waals surface area contributed by atoms with E-state index in [2.05, 4.69) is 10.2 Å². The Balaban J connectivity index is 2.62. The van der Waals surface area contributed by atoms with Gasteiger partial charge < -0.3 is 5.11 Å². The number of aromatic hydroxyl groups is 1. The van der Waals surface area contributed by atoms with E-state index in [1.54, 1.807) is 20.8 Å². The zero-order valence-electron chi connectivity index (χ0n) is 14.7. The SMILES string of the molecule is Cc1cc([N+](=O)[O-])ccc1N=Nc1c(C)c(C#N)c(O)n(C(C)C)c1=O. The number of pyridine rings is 1. The summed E-state index contributed by atoms with van der Waals surface area (Å²) in [5, 5.41) is 38.2. The van der Waals surface area contributed by atoms with Crippen molar-refractivity contribution in [3.8, 4) is 11.9 Å². The Bertz CT molecular complexity index is 1020. The highest BCUT2D eigenvalue weighted by Gasteiger charge is 2.20. The molecule has 0 aliphatic heterocycles. The van der Waals surface area contributed by atoms with Gasteiger partial charge in [0.2, 0.25) is 5.88 Å². The smallest absolute Gasteiger partial charge is 0.281 e. The molecule has 26 heavy (non-hydrogen) atoms. The lowest BCUT2D eigenvalue weighted by Gasteiger charge is -2.15. The molecule has 0 unspecified atom stereocenters. The molecule has 1 aromatic heterocycles. The van der Waals surface area contributed by atoms with E-state index in [-0.39, 0.29) is 28.5 Å². The number of hydrogen-bond acceptors (Lipinski definition) is 7. The van der Waals surface area contributed by atoms with E-state index < -0.39 is 16.4 Å². The summed E-state index contributed by atoms with van der Waals surface area (Å²) >= 11 is 0. The van der Waals surface area contributed by atoms with Gasteiger partial charge in [-0.1, -0.05) is 0 Å². The van der Waals surface area contributed by atoms with E-state index in [9.17, 15) is 25.3 Å². The van der Waals surface area contributed by atoms with Crippen molar-refractivity contribution < 1.29 is 10.0 Å². The van der Waals surface area contributed by atoms with Crippen molar-refractivity contribution in [1.82, 2.24) is 4.57 Å². The van der Waals surface area contributed by atoms with E-state index in [0.29, 0.717) is 11.3 Å². The lowest BCUT2D eigenvalue weighted by Crippen LogP contribution is -2.23. The molecule has 0 radical (unpaired) electrons. The number of aromatic nitrogens is 1. The molecule has 9 heteroatoms. The summed E-state index contributed by atoms with van der Waals surface area (Å²) < 4.78 is 1.07. The van der Waals surface area contributed by atoms with Gasteiger partial charge >= 0.3 is 0 Å². The molecule has 0 saturated heterocycles. The minimum absolute atomic E-state index is 0.0485. The van der Waals surface area contributed by atoms with Crippen molar-refractivity contribution >= 4 is 17.1 Å². The third-order valence-electron chi connectivity index (χ3n) is 3.88. The predicted molar refractivity (Wildman–Crippen MR) is 94.2 cm³/mol. The van der Waals surface area contributed by atoms with Crippen LogP contribution in [0.2, 0.25) is 0 Å². The molecule has 0 spiro atoms. The van der Waals surface area contributed by atoms with Crippen LogP contribution in [0.25, 0.3) is 0 Å². The summed E-state index contributed by atoms with van der Waals surface area (Å²) in [6, 6.07) is 5.56. The molecule has 0 amide bonds. The molecule has 0 fully saturated rings. The molecule has 0 atom stereocenters. The third-order valence-corrected chi connectivity index (χ3v) is 3.88. The van der Waals surface area contributed by atoms with Crippen molar-refractivity contribution in [2.45, 2.75) is 33.7 Å². The highest BCUT2D eigenvalue weighted by Crippen LogP contribution is 2.30. The quantitative estimate of drug-likeness (QED) is 0.503. The molecule has 0 bridgehead atoms. The van der Waals surface area contributed by atoms with Crippen molar-refractivity contribution in [3.63, 3.8) is 0 Å². The Morgan fingerprint density at radius 1 is 1.31 bits per heavy atom. The Labute approximate surface area is 149 Å². The highest BCUT2D eigenvalue weighted by atomic mass is 16.6. The van der Waals surface area contributed by atoms with E-state index in [4.69, 9.17) is 0 Å². The molecule has 1 aromatic carbocycles. The number of nitro groups is 1. The van der Waals surface area contributed by atoms with Crippen LogP contribution in [0.15, 0.2) is 33.2 Å². The van der Waals surface area contributed by atoms with Gasteiger partial charge in [-0.15, -0.1) is 5.11 Å². The third kappa shape index (κ3) is 3.30.